The standard InChI is InChI=1S/C23H25N3O3/c1-3-18(15-29-2)25-23(28)21(26-22(27)16-9-5-4-6-10-16)13-17-14-24-20-12-8-7-11-19(17)20/h4-14,18,24H,3,15H2,1-2H3,(H,25,28)(H,26,27)/b21-13+/t18-/m0/s1. The van der Waals surface area contributed by atoms with Gasteiger partial charge in [0.25, 0.3) is 11.8 Å². The minimum atomic E-state index is -0.358. The average Bonchev–Trinajstić information content (AvgIpc) is 3.16. The van der Waals surface area contributed by atoms with E-state index in [1.165, 1.54) is 0 Å². The molecule has 1 atom stereocenters. The Morgan fingerprint density at radius 3 is 2.55 bits per heavy atom. The molecule has 29 heavy (non-hydrogen) atoms. The normalized spacial score (nSPS) is 12.6. The Balaban J connectivity index is 1.92. The van der Waals surface area contributed by atoms with Crippen LogP contribution in [0.2, 0.25) is 0 Å². The van der Waals surface area contributed by atoms with Crippen molar-refractivity contribution in [3.8, 4) is 0 Å². The molecule has 1 aromatic heterocycles. The van der Waals surface area contributed by atoms with E-state index in [2.05, 4.69) is 15.6 Å². The number of H-pyrrole nitrogens is 1. The smallest absolute Gasteiger partial charge is 0.268 e. The number of benzene rings is 2. The zero-order valence-electron chi connectivity index (χ0n) is 16.6. The summed E-state index contributed by atoms with van der Waals surface area (Å²) < 4.78 is 5.16. The first kappa shape index (κ1) is 20.4. The molecule has 0 bridgehead atoms. The van der Waals surface area contributed by atoms with E-state index < -0.39 is 0 Å². The SMILES string of the molecule is CC[C@@H](COC)NC(=O)/C(=C\c1c[nH]c2ccccc12)NC(=O)c1ccccc1. The fourth-order valence-electron chi connectivity index (χ4n) is 3.04. The molecule has 0 unspecified atom stereocenters. The molecule has 2 aromatic carbocycles. The number of rotatable bonds is 8. The van der Waals surface area contributed by atoms with E-state index in [0.717, 1.165) is 16.5 Å². The van der Waals surface area contributed by atoms with E-state index in [9.17, 15) is 9.59 Å². The molecule has 0 aliphatic carbocycles. The first-order valence-electron chi connectivity index (χ1n) is 9.56. The van der Waals surface area contributed by atoms with E-state index in [0.29, 0.717) is 18.6 Å². The summed E-state index contributed by atoms with van der Waals surface area (Å²) in [5.41, 5.74) is 2.44. The molecule has 150 valence electrons. The number of hydrogen-bond donors (Lipinski definition) is 3. The highest BCUT2D eigenvalue weighted by Crippen LogP contribution is 2.20. The summed E-state index contributed by atoms with van der Waals surface area (Å²) in [5, 5.41) is 6.66. The summed E-state index contributed by atoms with van der Waals surface area (Å²) in [6.07, 6.45) is 4.22. The second kappa shape index (κ2) is 9.71. The maximum Gasteiger partial charge on any atom is 0.268 e. The highest BCUT2D eigenvalue weighted by atomic mass is 16.5. The maximum absolute atomic E-state index is 13.0. The van der Waals surface area contributed by atoms with Crippen LogP contribution in [0.5, 0.6) is 0 Å². The van der Waals surface area contributed by atoms with E-state index >= 15 is 0 Å². The molecular weight excluding hydrogens is 366 g/mol. The third kappa shape index (κ3) is 5.12. The Labute approximate surface area is 170 Å². The predicted molar refractivity (Wildman–Crippen MR) is 114 cm³/mol. The Bertz CT molecular complexity index is 1010. The van der Waals surface area contributed by atoms with Gasteiger partial charge in [-0.05, 0) is 30.7 Å². The predicted octanol–water partition coefficient (Wildman–Crippen LogP) is 3.48. The second-order valence-corrected chi connectivity index (χ2v) is 6.70. The highest BCUT2D eigenvalue weighted by molar-refractivity contribution is 6.06. The molecule has 0 fully saturated rings. The molecule has 0 saturated heterocycles. The Morgan fingerprint density at radius 1 is 1.10 bits per heavy atom. The fraction of sp³-hybridized carbons (Fsp3) is 0.217. The molecule has 3 aromatic rings. The van der Waals surface area contributed by atoms with Gasteiger partial charge in [-0.25, -0.2) is 0 Å². The molecule has 6 heteroatoms. The summed E-state index contributed by atoms with van der Waals surface area (Å²) in [6.45, 7) is 2.37. The van der Waals surface area contributed by atoms with Crippen LogP contribution in [0.4, 0.5) is 0 Å². The molecule has 0 spiro atoms. The van der Waals surface area contributed by atoms with Crippen LogP contribution in [0.3, 0.4) is 0 Å². The molecule has 3 rings (SSSR count). The van der Waals surface area contributed by atoms with Crippen molar-refractivity contribution in [1.82, 2.24) is 15.6 Å². The van der Waals surface area contributed by atoms with Crippen molar-refractivity contribution in [3.05, 3.63) is 77.6 Å². The lowest BCUT2D eigenvalue weighted by atomic mass is 10.1. The zero-order chi connectivity index (χ0) is 20.6. The van der Waals surface area contributed by atoms with Crippen molar-refractivity contribution in [2.45, 2.75) is 19.4 Å². The van der Waals surface area contributed by atoms with E-state index in [-0.39, 0.29) is 23.6 Å². The van der Waals surface area contributed by atoms with Crippen molar-refractivity contribution < 1.29 is 14.3 Å². The van der Waals surface area contributed by atoms with E-state index in [1.807, 2.05) is 43.5 Å². The Hall–Kier alpha value is -3.38. The summed E-state index contributed by atoms with van der Waals surface area (Å²) in [5.74, 6) is -0.699. The molecule has 0 aliphatic heterocycles. The number of carbonyl (C=O) groups excluding carboxylic acids is 2. The molecule has 6 nitrogen and oxygen atoms in total. The summed E-state index contributed by atoms with van der Waals surface area (Å²) in [7, 11) is 1.59. The number of aromatic nitrogens is 1. The second-order valence-electron chi connectivity index (χ2n) is 6.70. The third-order valence-corrected chi connectivity index (χ3v) is 4.65. The topological polar surface area (TPSA) is 83.2 Å². The number of para-hydroxylation sites is 1. The van der Waals surface area contributed by atoms with Crippen LogP contribution in [0.15, 0.2) is 66.5 Å². The first-order valence-corrected chi connectivity index (χ1v) is 9.56. The number of methoxy groups -OCH3 is 1. The van der Waals surface area contributed by atoms with Crippen LogP contribution in [0, 0.1) is 0 Å². The largest absolute Gasteiger partial charge is 0.383 e. The lowest BCUT2D eigenvalue weighted by molar-refractivity contribution is -0.118. The van der Waals surface area contributed by atoms with Crippen molar-refractivity contribution in [1.29, 1.82) is 0 Å². The number of ether oxygens (including phenoxy) is 1. The molecule has 0 saturated carbocycles. The fourth-order valence-corrected chi connectivity index (χ4v) is 3.04. The molecule has 2 amide bonds. The number of aromatic amines is 1. The van der Waals surface area contributed by atoms with Crippen molar-refractivity contribution in [2.75, 3.05) is 13.7 Å². The van der Waals surface area contributed by atoms with Crippen molar-refractivity contribution in [2.24, 2.45) is 0 Å². The average molecular weight is 391 g/mol. The Morgan fingerprint density at radius 2 is 1.83 bits per heavy atom. The highest BCUT2D eigenvalue weighted by Gasteiger charge is 2.18. The maximum atomic E-state index is 13.0. The quantitative estimate of drug-likeness (QED) is 0.514. The van der Waals surface area contributed by atoms with Gasteiger partial charge in [-0.3, -0.25) is 9.59 Å². The third-order valence-electron chi connectivity index (χ3n) is 4.65. The summed E-state index contributed by atoms with van der Waals surface area (Å²) in [6, 6.07) is 16.5. The van der Waals surface area contributed by atoms with E-state index in [1.54, 1.807) is 37.5 Å². The zero-order valence-corrected chi connectivity index (χ0v) is 16.6. The monoisotopic (exact) mass is 391 g/mol. The van der Waals surface area contributed by atoms with Gasteiger partial charge in [0.05, 0.1) is 12.6 Å². The van der Waals surface area contributed by atoms with Crippen LogP contribution < -0.4 is 10.6 Å². The van der Waals surface area contributed by atoms with Crippen LogP contribution in [0.1, 0.15) is 29.3 Å². The van der Waals surface area contributed by atoms with Crippen LogP contribution in [0.25, 0.3) is 17.0 Å². The lowest BCUT2D eigenvalue weighted by Crippen LogP contribution is -2.42. The van der Waals surface area contributed by atoms with Crippen molar-refractivity contribution >= 4 is 28.8 Å². The molecule has 3 N–H and O–H groups in total. The number of hydrogen-bond acceptors (Lipinski definition) is 3. The van der Waals surface area contributed by atoms with Gasteiger partial charge in [0.2, 0.25) is 0 Å². The number of carbonyl (C=O) groups is 2. The Kier molecular flexibility index (Phi) is 6.81. The molecule has 0 radical (unpaired) electrons. The van der Waals surface area contributed by atoms with Crippen LogP contribution in [-0.2, 0) is 9.53 Å². The van der Waals surface area contributed by atoms with Gasteiger partial charge in [0.1, 0.15) is 5.70 Å². The van der Waals surface area contributed by atoms with Gasteiger partial charge < -0.3 is 20.4 Å². The van der Waals surface area contributed by atoms with Gasteiger partial charge in [-0.15, -0.1) is 0 Å². The molecule has 1 heterocycles. The van der Waals surface area contributed by atoms with Crippen LogP contribution >= 0.6 is 0 Å². The first-order chi connectivity index (χ1) is 14.1. The lowest BCUT2D eigenvalue weighted by Gasteiger charge is -2.18. The number of nitrogens with one attached hydrogen (secondary N) is 3. The number of amides is 2. The van der Waals surface area contributed by atoms with Gasteiger partial charge >= 0.3 is 0 Å². The van der Waals surface area contributed by atoms with E-state index in [4.69, 9.17) is 4.74 Å². The van der Waals surface area contributed by atoms with Crippen LogP contribution in [-0.4, -0.2) is 36.6 Å². The minimum absolute atomic E-state index is 0.146. The van der Waals surface area contributed by atoms with Crippen molar-refractivity contribution in [3.63, 3.8) is 0 Å². The van der Waals surface area contributed by atoms with Gasteiger partial charge in [0.15, 0.2) is 0 Å². The van der Waals surface area contributed by atoms with Gasteiger partial charge in [-0.2, -0.15) is 0 Å². The summed E-state index contributed by atoms with van der Waals surface area (Å²) in [4.78, 5) is 28.8. The molecule has 0 aliphatic rings. The molecular formula is C23H25N3O3. The van der Waals surface area contributed by atoms with Gasteiger partial charge in [0, 0.05) is 35.3 Å². The number of fused-ring (bicyclic) bond motifs is 1. The minimum Gasteiger partial charge on any atom is -0.383 e. The summed E-state index contributed by atoms with van der Waals surface area (Å²) >= 11 is 0. The van der Waals surface area contributed by atoms with Gasteiger partial charge in [-0.1, -0.05) is 43.3 Å².